The van der Waals surface area contributed by atoms with Crippen molar-refractivity contribution in [2.24, 2.45) is 0 Å². The molecule has 0 aliphatic rings. The monoisotopic (exact) mass is 238 g/mol. The van der Waals surface area contributed by atoms with Gasteiger partial charge in [-0.15, -0.1) is 0 Å². The molecule has 3 N–H and O–H groups in total. The Morgan fingerprint density at radius 1 is 1.29 bits per heavy atom. The standard InChI is InChI=1S/C12H18N2O3/c1-7(2)14-12(15)9-5-8(16-3)6-10(17-4)11(9)13/h5-7H,13H2,1-4H3,(H,14,15). The highest BCUT2D eigenvalue weighted by Gasteiger charge is 2.16. The third-order valence-corrected chi connectivity index (χ3v) is 2.24. The van der Waals surface area contributed by atoms with E-state index >= 15 is 0 Å². The third-order valence-electron chi connectivity index (χ3n) is 2.24. The topological polar surface area (TPSA) is 73.6 Å². The molecule has 1 aromatic carbocycles. The number of rotatable bonds is 4. The van der Waals surface area contributed by atoms with Gasteiger partial charge in [0.1, 0.15) is 11.5 Å². The van der Waals surface area contributed by atoms with Gasteiger partial charge in [-0.3, -0.25) is 4.79 Å². The molecule has 5 nitrogen and oxygen atoms in total. The van der Waals surface area contributed by atoms with E-state index in [1.165, 1.54) is 14.2 Å². The molecule has 5 heteroatoms. The quantitative estimate of drug-likeness (QED) is 0.778. The molecule has 0 unspecified atom stereocenters. The largest absolute Gasteiger partial charge is 0.497 e. The molecule has 1 rings (SSSR count). The van der Waals surface area contributed by atoms with E-state index in [9.17, 15) is 4.79 Å². The zero-order valence-electron chi connectivity index (χ0n) is 10.5. The lowest BCUT2D eigenvalue weighted by atomic mass is 10.1. The van der Waals surface area contributed by atoms with Gasteiger partial charge in [-0.05, 0) is 19.9 Å². The predicted molar refractivity (Wildman–Crippen MR) is 66.6 cm³/mol. The first-order chi connectivity index (χ1) is 7.99. The zero-order chi connectivity index (χ0) is 13.0. The van der Waals surface area contributed by atoms with Crippen molar-refractivity contribution in [2.75, 3.05) is 20.0 Å². The lowest BCUT2D eigenvalue weighted by molar-refractivity contribution is 0.0943. The van der Waals surface area contributed by atoms with E-state index < -0.39 is 0 Å². The number of hydrogen-bond donors (Lipinski definition) is 2. The Morgan fingerprint density at radius 3 is 2.41 bits per heavy atom. The van der Waals surface area contributed by atoms with Gasteiger partial charge in [0.2, 0.25) is 0 Å². The highest BCUT2D eigenvalue weighted by Crippen LogP contribution is 2.30. The van der Waals surface area contributed by atoms with E-state index in [0.29, 0.717) is 22.7 Å². The van der Waals surface area contributed by atoms with Crippen LogP contribution >= 0.6 is 0 Å². The van der Waals surface area contributed by atoms with Gasteiger partial charge in [-0.25, -0.2) is 0 Å². The summed E-state index contributed by atoms with van der Waals surface area (Å²) in [5.74, 6) is 0.720. The Morgan fingerprint density at radius 2 is 1.94 bits per heavy atom. The first-order valence-corrected chi connectivity index (χ1v) is 5.32. The highest BCUT2D eigenvalue weighted by atomic mass is 16.5. The lowest BCUT2D eigenvalue weighted by Gasteiger charge is -2.14. The molecule has 0 bridgehead atoms. The van der Waals surface area contributed by atoms with Crippen LogP contribution in [0.5, 0.6) is 11.5 Å². The van der Waals surface area contributed by atoms with Crippen molar-refractivity contribution >= 4 is 11.6 Å². The Labute approximate surface area is 101 Å². The van der Waals surface area contributed by atoms with Crippen LogP contribution in [0.2, 0.25) is 0 Å². The second-order valence-corrected chi connectivity index (χ2v) is 3.92. The fourth-order valence-corrected chi connectivity index (χ4v) is 1.42. The van der Waals surface area contributed by atoms with Crippen molar-refractivity contribution < 1.29 is 14.3 Å². The summed E-state index contributed by atoms with van der Waals surface area (Å²) in [6.45, 7) is 3.76. The maximum absolute atomic E-state index is 11.9. The molecule has 1 amide bonds. The summed E-state index contributed by atoms with van der Waals surface area (Å²) in [4.78, 5) is 11.9. The molecule has 0 saturated heterocycles. The molecule has 1 aromatic rings. The zero-order valence-corrected chi connectivity index (χ0v) is 10.5. The summed E-state index contributed by atoms with van der Waals surface area (Å²) >= 11 is 0. The highest BCUT2D eigenvalue weighted by molar-refractivity contribution is 6.01. The van der Waals surface area contributed by atoms with Crippen LogP contribution in [0.15, 0.2) is 12.1 Å². The van der Waals surface area contributed by atoms with Crippen LogP contribution in [0.1, 0.15) is 24.2 Å². The smallest absolute Gasteiger partial charge is 0.253 e. The molecule has 0 fully saturated rings. The van der Waals surface area contributed by atoms with Gasteiger partial charge < -0.3 is 20.5 Å². The maximum atomic E-state index is 11.9. The molecule has 0 radical (unpaired) electrons. The Hall–Kier alpha value is -1.91. The molecular weight excluding hydrogens is 220 g/mol. The van der Waals surface area contributed by atoms with Crippen molar-refractivity contribution in [1.29, 1.82) is 0 Å². The van der Waals surface area contributed by atoms with Gasteiger partial charge in [0.05, 0.1) is 25.5 Å². The number of nitrogens with one attached hydrogen (secondary N) is 1. The number of amides is 1. The van der Waals surface area contributed by atoms with E-state index in [0.717, 1.165) is 0 Å². The average molecular weight is 238 g/mol. The Kier molecular flexibility index (Phi) is 4.20. The fraction of sp³-hybridized carbons (Fsp3) is 0.417. The summed E-state index contributed by atoms with van der Waals surface area (Å²) < 4.78 is 10.2. The summed E-state index contributed by atoms with van der Waals surface area (Å²) in [5.41, 5.74) is 6.52. The third kappa shape index (κ3) is 3.03. The van der Waals surface area contributed by atoms with Crippen molar-refractivity contribution in [3.05, 3.63) is 17.7 Å². The summed E-state index contributed by atoms with van der Waals surface area (Å²) in [6, 6.07) is 3.27. The van der Waals surface area contributed by atoms with E-state index in [1.54, 1.807) is 12.1 Å². The minimum Gasteiger partial charge on any atom is -0.497 e. The van der Waals surface area contributed by atoms with Crippen LogP contribution < -0.4 is 20.5 Å². The Balaban J connectivity index is 3.17. The normalized spacial score (nSPS) is 10.2. The van der Waals surface area contributed by atoms with Crippen LogP contribution in [0.4, 0.5) is 5.69 Å². The minimum atomic E-state index is -0.241. The number of nitrogens with two attached hydrogens (primary N) is 1. The molecule has 0 saturated carbocycles. The van der Waals surface area contributed by atoms with Crippen LogP contribution in [0, 0.1) is 0 Å². The van der Waals surface area contributed by atoms with Crippen molar-refractivity contribution in [3.63, 3.8) is 0 Å². The number of carbonyl (C=O) groups is 1. The van der Waals surface area contributed by atoms with Crippen molar-refractivity contribution in [1.82, 2.24) is 5.32 Å². The Bertz CT molecular complexity index is 416. The number of carbonyl (C=O) groups excluding carboxylic acids is 1. The second kappa shape index (κ2) is 5.43. The number of ether oxygens (including phenoxy) is 2. The SMILES string of the molecule is COc1cc(OC)c(N)c(C(=O)NC(C)C)c1. The average Bonchev–Trinajstić information content (AvgIpc) is 2.28. The van der Waals surface area contributed by atoms with E-state index in [2.05, 4.69) is 5.32 Å². The molecule has 0 spiro atoms. The van der Waals surface area contributed by atoms with Crippen LogP contribution in [-0.4, -0.2) is 26.2 Å². The van der Waals surface area contributed by atoms with Crippen LogP contribution in [-0.2, 0) is 0 Å². The molecule has 0 aliphatic carbocycles. The summed E-state index contributed by atoms with van der Waals surface area (Å²) in [5, 5.41) is 2.77. The number of nitrogen functional groups attached to an aromatic ring is 1. The predicted octanol–water partition coefficient (Wildman–Crippen LogP) is 1.42. The number of hydrogen-bond acceptors (Lipinski definition) is 4. The van der Waals surface area contributed by atoms with Gasteiger partial charge in [0, 0.05) is 12.1 Å². The van der Waals surface area contributed by atoms with Gasteiger partial charge in [-0.2, -0.15) is 0 Å². The van der Waals surface area contributed by atoms with Crippen molar-refractivity contribution in [3.8, 4) is 11.5 Å². The molecule has 0 aliphatic heterocycles. The first-order valence-electron chi connectivity index (χ1n) is 5.32. The minimum absolute atomic E-state index is 0.0408. The lowest BCUT2D eigenvalue weighted by Crippen LogP contribution is -2.30. The second-order valence-electron chi connectivity index (χ2n) is 3.92. The maximum Gasteiger partial charge on any atom is 0.253 e. The number of anilines is 1. The molecule has 0 aromatic heterocycles. The molecular formula is C12H18N2O3. The number of methoxy groups -OCH3 is 2. The molecule has 94 valence electrons. The van der Waals surface area contributed by atoms with Crippen LogP contribution in [0.25, 0.3) is 0 Å². The fourth-order valence-electron chi connectivity index (χ4n) is 1.42. The van der Waals surface area contributed by atoms with E-state index in [-0.39, 0.29) is 11.9 Å². The summed E-state index contributed by atoms with van der Waals surface area (Å²) in [6.07, 6.45) is 0. The van der Waals surface area contributed by atoms with Gasteiger partial charge >= 0.3 is 0 Å². The molecule has 17 heavy (non-hydrogen) atoms. The van der Waals surface area contributed by atoms with E-state index in [4.69, 9.17) is 15.2 Å². The van der Waals surface area contributed by atoms with Gasteiger partial charge in [-0.1, -0.05) is 0 Å². The van der Waals surface area contributed by atoms with Crippen molar-refractivity contribution in [2.45, 2.75) is 19.9 Å². The van der Waals surface area contributed by atoms with Gasteiger partial charge in [0.15, 0.2) is 0 Å². The summed E-state index contributed by atoms with van der Waals surface area (Å²) in [7, 11) is 3.02. The van der Waals surface area contributed by atoms with E-state index in [1.807, 2.05) is 13.8 Å². The molecule has 0 heterocycles. The number of benzene rings is 1. The van der Waals surface area contributed by atoms with Gasteiger partial charge in [0.25, 0.3) is 5.91 Å². The molecule has 0 atom stereocenters. The van der Waals surface area contributed by atoms with Crippen LogP contribution in [0.3, 0.4) is 0 Å². The first kappa shape index (κ1) is 13.2.